The maximum absolute atomic E-state index is 11.5. The van der Waals surface area contributed by atoms with Crippen LogP contribution in [0.25, 0.3) is 0 Å². The van der Waals surface area contributed by atoms with Gasteiger partial charge in [-0.1, -0.05) is 24.8 Å². The normalized spacial score (nSPS) is 16.1. The minimum atomic E-state index is 0.0546. The second-order valence-corrected chi connectivity index (χ2v) is 4.92. The number of para-hydroxylation sites is 1. The Labute approximate surface area is 114 Å². The first-order valence-electron chi connectivity index (χ1n) is 6.89. The summed E-state index contributed by atoms with van der Waals surface area (Å²) in [6, 6.07) is 9.90. The van der Waals surface area contributed by atoms with Crippen LogP contribution in [0.5, 0.6) is 5.75 Å². The van der Waals surface area contributed by atoms with E-state index in [4.69, 9.17) is 4.74 Å². The number of rotatable bonds is 5. The van der Waals surface area contributed by atoms with E-state index in [0.29, 0.717) is 5.92 Å². The van der Waals surface area contributed by atoms with Gasteiger partial charge < -0.3 is 9.64 Å². The Balaban J connectivity index is 1.66. The highest BCUT2D eigenvalue weighted by Gasteiger charge is 2.21. The Hall–Kier alpha value is -1.77. The smallest absolute Gasteiger partial charge is 0.245 e. The van der Waals surface area contributed by atoms with Gasteiger partial charge in [-0.3, -0.25) is 4.79 Å². The van der Waals surface area contributed by atoms with Crippen molar-refractivity contribution in [3.8, 4) is 5.75 Å². The lowest BCUT2D eigenvalue weighted by Crippen LogP contribution is -2.37. The molecule has 0 aliphatic carbocycles. The minimum absolute atomic E-state index is 0.0546. The van der Waals surface area contributed by atoms with E-state index in [0.717, 1.165) is 44.7 Å². The quantitative estimate of drug-likeness (QED) is 0.761. The fourth-order valence-corrected chi connectivity index (χ4v) is 2.43. The monoisotopic (exact) mass is 259 g/mol. The third-order valence-electron chi connectivity index (χ3n) is 3.64. The third-order valence-corrected chi connectivity index (χ3v) is 3.64. The largest absolute Gasteiger partial charge is 0.494 e. The maximum atomic E-state index is 11.5. The number of piperidine rings is 1. The molecule has 1 fully saturated rings. The molecule has 1 heterocycles. The molecule has 0 N–H and O–H groups in total. The summed E-state index contributed by atoms with van der Waals surface area (Å²) in [5, 5.41) is 0. The molecule has 0 unspecified atom stereocenters. The molecule has 3 nitrogen and oxygen atoms in total. The van der Waals surface area contributed by atoms with Gasteiger partial charge in [0.25, 0.3) is 0 Å². The summed E-state index contributed by atoms with van der Waals surface area (Å²) in [5.41, 5.74) is 0. The highest BCUT2D eigenvalue weighted by Crippen LogP contribution is 2.21. The summed E-state index contributed by atoms with van der Waals surface area (Å²) in [4.78, 5) is 13.3. The van der Waals surface area contributed by atoms with Crippen LogP contribution in [0.2, 0.25) is 0 Å². The number of carbonyl (C=O) groups excluding carboxylic acids is 1. The van der Waals surface area contributed by atoms with Crippen molar-refractivity contribution in [3.63, 3.8) is 0 Å². The molecule has 102 valence electrons. The predicted octanol–water partition coefficient (Wildman–Crippen LogP) is 2.88. The zero-order valence-electron chi connectivity index (χ0n) is 11.3. The van der Waals surface area contributed by atoms with E-state index < -0.39 is 0 Å². The molecule has 0 atom stereocenters. The Morgan fingerprint density at radius 3 is 2.63 bits per heavy atom. The number of nitrogens with zero attached hydrogens (tertiary/aromatic N) is 1. The van der Waals surface area contributed by atoms with E-state index in [1.165, 1.54) is 6.08 Å². The molecule has 1 aromatic carbocycles. The predicted molar refractivity (Wildman–Crippen MR) is 76.1 cm³/mol. The van der Waals surface area contributed by atoms with E-state index in [-0.39, 0.29) is 5.91 Å². The molecule has 1 saturated heterocycles. The second kappa shape index (κ2) is 6.98. The van der Waals surface area contributed by atoms with Gasteiger partial charge in [-0.2, -0.15) is 0 Å². The third kappa shape index (κ3) is 4.12. The number of hydrogen-bond donors (Lipinski definition) is 0. The van der Waals surface area contributed by atoms with Gasteiger partial charge in [0.1, 0.15) is 5.75 Å². The Kier molecular flexibility index (Phi) is 5.01. The summed E-state index contributed by atoms with van der Waals surface area (Å²) >= 11 is 0. The average molecular weight is 259 g/mol. The van der Waals surface area contributed by atoms with E-state index in [1.54, 1.807) is 0 Å². The zero-order valence-corrected chi connectivity index (χ0v) is 11.3. The number of benzene rings is 1. The first kappa shape index (κ1) is 13.7. The average Bonchev–Trinajstić information content (AvgIpc) is 2.48. The van der Waals surface area contributed by atoms with Crippen LogP contribution < -0.4 is 4.74 Å². The number of ether oxygens (including phenoxy) is 1. The molecule has 1 aliphatic heterocycles. The molecule has 19 heavy (non-hydrogen) atoms. The lowest BCUT2D eigenvalue weighted by atomic mass is 9.94. The summed E-state index contributed by atoms with van der Waals surface area (Å²) < 4.78 is 5.71. The van der Waals surface area contributed by atoms with E-state index >= 15 is 0 Å². The van der Waals surface area contributed by atoms with Crippen LogP contribution in [0.3, 0.4) is 0 Å². The number of carbonyl (C=O) groups is 1. The molecular weight excluding hydrogens is 238 g/mol. The van der Waals surface area contributed by atoms with Gasteiger partial charge in [0.15, 0.2) is 0 Å². The highest BCUT2D eigenvalue weighted by atomic mass is 16.5. The van der Waals surface area contributed by atoms with Gasteiger partial charge in [-0.25, -0.2) is 0 Å². The van der Waals surface area contributed by atoms with Gasteiger partial charge in [0, 0.05) is 13.1 Å². The summed E-state index contributed by atoms with van der Waals surface area (Å²) in [7, 11) is 0. The zero-order chi connectivity index (χ0) is 13.5. The molecule has 0 saturated carbocycles. The lowest BCUT2D eigenvalue weighted by molar-refractivity contribution is -0.127. The van der Waals surface area contributed by atoms with Gasteiger partial charge in [0.05, 0.1) is 6.61 Å². The molecule has 0 bridgehead atoms. The molecule has 1 aliphatic rings. The molecular formula is C16H21NO2. The van der Waals surface area contributed by atoms with Crippen LogP contribution in [-0.4, -0.2) is 30.5 Å². The van der Waals surface area contributed by atoms with Crippen LogP contribution >= 0.6 is 0 Å². The van der Waals surface area contributed by atoms with Crippen molar-refractivity contribution in [2.45, 2.75) is 19.3 Å². The van der Waals surface area contributed by atoms with Crippen molar-refractivity contribution < 1.29 is 9.53 Å². The second-order valence-electron chi connectivity index (χ2n) is 4.92. The molecule has 3 heteroatoms. The standard InChI is InChI=1S/C16H21NO2/c1-2-16(18)17-11-8-14(9-12-17)10-13-19-15-6-4-3-5-7-15/h2-7,14H,1,8-13H2. The Bertz CT molecular complexity index is 408. The van der Waals surface area contributed by atoms with Crippen LogP contribution in [0.1, 0.15) is 19.3 Å². The summed E-state index contributed by atoms with van der Waals surface area (Å²) in [5.74, 6) is 1.65. The Morgan fingerprint density at radius 1 is 1.32 bits per heavy atom. The number of likely N-dealkylation sites (tertiary alicyclic amines) is 1. The lowest BCUT2D eigenvalue weighted by Gasteiger charge is -2.31. The molecule has 0 spiro atoms. The van der Waals surface area contributed by atoms with Crippen molar-refractivity contribution in [1.29, 1.82) is 0 Å². The molecule has 0 aromatic heterocycles. The van der Waals surface area contributed by atoms with Gasteiger partial charge in [0.2, 0.25) is 5.91 Å². The maximum Gasteiger partial charge on any atom is 0.245 e. The minimum Gasteiger partial charge on any atom is -0.494 e. The van der Waals surface area contributed by atoms with Gasteiger partial charge in [-0.05, 0) is 43.4 Å². The van der Waals surface area contributed by atoms with Gasteiger partial charge >= 0.3 is 0 Å². The van der Waals surface area contributed by atoms with Crippen molar-refractivity contribution in [2.24, 2.45) is 5.92 Å². The fourth-order valence-electron chi connectivity index (χ4n) is 2.43. The first-order valence-corrected chi connectivity index (χ1v) is 6.89. The summed E-state index contributed by atoms with van der Waals surface area (Å²) in [6.45, 7) is 5.98. The van der Waals surface area contributed by atoms with Crippen LogP contribution in [0, 0.1) is 5.92 Å². The number of amides is 1. The van der Waals surface area contributed by atoms with E-state index in [9.17, 15) is 4.79 Å². The van der Waals surface area contributed by atoms with Crippen LogP contribution in [-0.2, 0) is 4.79 Å². The SMILES string of the molecule is C=CC(=O)N1CCC(CCOc2ccccc2)CC1. The van der Waals surface area contributed by atoms with Crippen molar-refractivity contribution in [3.05, 3.63) is 43.0 Å². The van der Waals surface area contributed by atoms with E-state index in [2.05, 4.69) is 6.58 Å². The van der Waals surface area contributed by atoms with Crippen molar-refractivity contribution in [1.82, 2.24) is 4.90 Å². The summed E-state index contributed by atoms with van der Waals surface area (Å²) in [6.07, 6.45) is 4.60. The highest BCUT2D eigenvalue weighted by molar-refractivity contribution is 5.87. The van der Waals surface area contributed by atoms with Crippen LogP contribution in [0.15, 0.2) is 43.0 Å². The molecule has 1 aromatic rings. The number of hydrogen-bond acceptors (Lipinski definition) is 2. The van der Waals surface area contributed by atoms with E-state index in [1.807, 2.05) is 35.2 Å². The Morgan fingerprint density at radius 2 is 2.00 bits per heavy atom. The van der Waals surface area contributed by atoms with Crippen LogP contribution in [0.4, 0.5) is 0 Å². The fraction of sp³-hybridized carbons (Fsp3) is 0.438. The van der Waals surface area contributed by atoms with Crippen molar-refractivity contribution in [2.75, 3.05) is 19.7 Å². The molecule has 2 rings (SSSR count). The van der Waals surface area contributed by atoms with Crippen molar-refractivity contribution >= 4 is 5.91 Å². The van der Waals surface area contributed by atoms with Gasteiger partial charge in [-0.15, -0.1) is 0 Å². The molecule has 1 amide bonds. The molecule has 0 radical (unpaired) electrons. The topological polar surface area (TPSA) is 29.5 Å². The first-order chi connectivity index (χ1) is 9.29.